The minimum Gasteiger partial charge on any atom is -0.496 e. The van der Waals surface area contributed by atoms with E-state index < -0.39 is 6.16 Å². The molecule has 6 nitrogen and oxygen atoms in total. The molecule has 6 heteroatoms. The van der Waals surface area contributed by atoms with Crippen LogP contribution in [0, 0.1) is 27.7 Å². The Morgan fingerprint density at radius 3 is 1.34 bits per heavy atom. The summed E-state index contributed by atoms with van der Waals surface area (Å²) in [6.07, 6.45) is -0.798. The van der Waals surface area contributed by atoms with Crippen LogP contribution in [0.4, 0.5) is 4.79 Å². The van der Waals surface area contributed by atoms with Gasteiger partial charge in [0.1, 0.15) is 23.0 Å². The van der Waals surface area contributed by atoms with Gasteiger partial charge in [-0.3, -0.25) is 4.79 Å². The zero-order valence-electron chi connectivity index (χ0n) is 24.9. The lowest BCUT2D eigenvalue weighted by atomic mass is 9.77. The molecular weight excluding hydrogens is 516 g/mol. The zero-order valence-corrected chi connectivity index (χ0v) is 24.9. The Bertz CT molecular complexity index is 1620. The van der Waals surface area contributed by atoms with E-state index in [4.69, 9.17) is 18.9 Å². The minimum absolute atomic E-state index is 0.343. The number of methoxy groups -OCH3 is 1. The Morgan fingerprint density at radius 2 is 0.951 bits per heavy atom. The van der Waals surface area contributed by atoms with E-state index in [1.807, 2.05) is 82.3 Å². The topological polar surface area (TPSA) is 71.1 Å². The van der Waals surface area contributed by atoms with Gasteiger partial charge in [0, 0.05) is 12.3 Å². The fourth-order valence-electron chi connectivity index (χ4n) is 4.83. The van der Waals surface area contributed by atoms with Crippen molar-refractivity contribution in [1.82, 2.24) is 0 Å². The van der Waals surface area contributed by atoms with Crippen molar-refractivity contribution in [2.75, 3.05) is 7.11 Å². The second-order valence-corrected chi connectivity index (χ2v) is 10.8. The molecule has 0 N–H and O–H groups in total. The van der Waals surface area contributed by atoms with Crippen molar-refractivity contribution >= 4 is 12.1 Å². The van der Waals surface area contributed by atoms with E-state index in [2.05, 4.69) is 19.9 Å². The minimum atomic E-state index is -0.798. The van der Waals surface area contributed by atoms with Crippen molar-refractivity contribution in [3.8, 4) is 34.1 Å². The van der Waals surface area contributed by atoms with Gasteiger partial charge in [-0.2, -0.15) is 0 Å². The standard InChI is InChI=1S/C35H36O6/c1-21-17-26(9-13-30(21)38-8)27-10-14-32(22(2)18-27)40-34(37)41-33-16-12-29(20-24(33)4)35(6,7)28-11-15-31(23(3)19-28)39-25(5)36/h9-20H,1-8H3. The number of carbonyl (C=O) groups is 2. The van der Waals surface area contributed by atoms with Crippen molar-refractivity contribution < 1.29 is 28.5 Å². The summed E-state index contributed by atoms with van der Waals surface area (Å²) >= 11 is 0. The highest BCUT2D eigenvalue weighted by Gasteiger charge is 2.25. The molecule has 4 aromatic rings. The van der Waals surface area contributed by atoms with Crippen LogP contribution in [0.25, 0.3) is 11.1 Å². The van der Waals surface area contributed by atoms with Crippen LogP contribution in [0.3, 0.4) is 0 Å². The maximum atomic E-state index is 12.7. The maximum Gasteiger partial charge on any atom is 0.519 e. The van der Waals surface area contributed by atoms with Crippen LogP contribution in [0.2, 0.25) is 0 Å². The number of ether oxygens (including phenoxy) is 4. The second-order valence-electron chi connectivity index (χ2n) is 10.8. The molecule has 0 aromatic heterocycles. The van der Waals surface area contributed by atoms with Gasteiger partial charge in [0.05, 0.1) is 7.11 Å². The number of benzene rings is 4. The van der Waals surface area contributed by atoms with Gasteiger partial charge in [-0.05, 0) is 109 Å². The van der Waals surface area contributed by atoms with Crippen LogP contribution in [0.5, 0.6) is 23.0 Å². The average Bonchev–Trinajstić information content (AvgIpc) is 2.91. The number of hydrogen-bond acceptors (Lipinski definition) is 6. The molecule has 0 spiro atoms. The van der Waals surface area contributed by atoms with E-state index >= 15 is 0 Å². The average molecular weight is 553 g/mol. The molecule has 0 amide bonds. The first-order valence-electron chi connectivity index (χ1n) is 13.4. The number of aryl methyl sites for hydroxylation is 4. The van der Waals surface area contributed by atoms with Crippen molar-refractivity contribution in [2.24, 2.45) is 0 Å². The summed E-state index contributed by atoms with van der Waals surface area (Å²) in [5.41, 5.74) is 7.40. The lowest BCUT2D eigenvalue weighted by Crippen LogP contribution is -2.20. The molecule has 0 unspecified atom stereocenters. The summed E-state index contributed by atoms with van der Waals surface area (Å²) in [5.74, 6) is 1.91. The largest absolute Gasteiger partial charge is 0.519 e. The molecule has 4 aromatic carbocycles. The zero-order chi connectivity index (χ0) is 29.9. The SMILES string of the molecule is COc1ccc(-c2ccc(OC(=O)Oc3ccc(C(C)(C)c4ccc(OC(C)=O)c(C)c4)cc3C)c(C)c2)cc1C. The fraction of sp³-hybridized carbons (Fsp3) is 0.257. The molecule has 41 heavy (non-hydrogen) atoms. The van der Waals surface area contributed by atoms with E-state index in [9.17, 15) is 9.59 Å². The molecule has 0 radical (unpaired) electrons. The number of carbonyl (C=O) groups excluding carboxylic acids is 2. The quantitative estimate of drug-likeness (QED) is 0.130. The van der Waals surface area contributed by atoms with Crippen molar-refractivity contribution in [1.29, 1.82) is 0 Å². The van der Waals surface area contributed by atoms with E-state index in [1.54, 1.807) is 19.2 Å². The maximum absolute atomic E-state index is 12.7. The van der Waals surface area contributed by atoms with E-state index in [0.29, 0.717) is 17.2 Å². The van der Waals surface area contributed by atoms with Gasteiger partial charge in [0.2, 0.25) is 0 Å². The van der Waals surface area contributed by atoms with E-state index in [0.717, 1.165) is 50.3 Å². The Hall–Kier alpha value is -4.58. The monoisotopic (exact) mass is 552 g/mol. The molecule has 0 atom stereocenters. The molecular formula is C35H36O6. The third kappa shape index (κ3) is 6.60. The van der Waals surface area contributed by atoms with Crippen molar-refractivity contribution in [2.45, 2.75) is 53.9 Å². The Labute approximate surface area is 241 Å². The van der Waals surface area contributed by atoms with Crippen LogP contribution >= 0.6 is 0 Å². The van der Waals surface area contributed by atoms with Gasteiger partial charge in [0.15, 0.2) is 0 Å². The van der Waals surface area contributed by atoms with Crippen molar-refractivity contribution in [3.63, 3.8) is 0 Å². The molecule has 212 valence electrons. The summed E-state index contributed by atoms with van der Waals surface area (Å²) in [7, 11) is 1.66. The van der Waals surface area contributed by atoms with Gasteiger partial charge in [0.25, 0.3) is 0 Å². The smallest absolute Gasteiger partial charge is 0.496 e. The predicted molar refractivity (Wildman–Crippen MR) is 160 cm³/mol. The Balaban J connectivity index is 1.46. The summed E-state index contributed by atoms with van der Waals surface area (Å²) in [5, 5.41) is 0. The number of esters is 1. The molecule has 0 saturated heterocycles. The second kappa shape index (κ2) is 11.9. The van der Waals surface area contributed by atoms with E-state index in [1.165, 1.54) is 6.92 Å². The van der Waals surface area contributed by atoms with Gasteiger partial charge >= 0.3 is 12.1 Å². The highest BCUT2D eigenvalue weighted by Crippen LogP contribution is 2.36. The van der Waals surface area contributed by atoms with Crippen LogP contribution in [0.15, 0.2) is 72.8 Å². The number of hydrogen-bond donors (Lipinski definition) is 0. The molecule has 0 aliphatic carbocycles. The highest BCUT2D eigenvalue weighted by atomic mass is 16.7. The summed E-state index contributed by atoms with van der Waals surface area (Å²) < 4.78 is 21.8. The molecule has 0 fully saturated rings. The fourth-order valence-corrected chi connectivity index (χ4v) is 4.83. The van der Waals surface area contributed by atoms with Gasteiger partial charge in [-0.1, -0.05) is 50.2 Å². The Morgan fingerprint density at radius 1 is 0.561 bits per heavy atom. The first-order chi connectivity index (χ1) is 19.4. The number of rotatable bonds is 7. The molecule has 0 aliphatic heterocycles. The van der Waals surface area contributed by atoms with Crippen LogP contribution in [-0.4, -0.2) is 19.2 Å². The molecule has 0 aliphatic rings. The summed E-state index contributed by atoms with van der Waals surface area (Å²) in [4.78, 5) is 24.1. The third-order valence-electron chi connectivity index (χ3n) is 7.34. The van der Waals surface area contributed by atoms with Crippen LogP contribution in [0.1, 0.15) is 54.2 Å². The lowest BCUT2D eigenvalue weighted by molar-refractivity contribution is -0.131. The van der Waals surface area contributed by atoms with Gasteiger partial charge in [-0.25, -0.2) is 4.79 Å². The normalized spacial score (nSPS) is 11.1. The highest BCUT2D eigenvalue weighted by molar-refractivity contribution is 5.72. The first kappa shape index (κ1) is 29.4. The summed E-state index contributed by atoms with van der Waals surface area (Å²) in [6.45, 7) is 13.3. The van der Waals surface area contributed by atoms with Crippen molar-refractivity contribution in [3.05, 3.63) is 106 Å². The lowest BCUT2D eigenvalue weighted by Gasteiger charge is -2.27. The summed E-state index contributed by atoms with van der Waals surface area (Å²) in [6, 6.07) is 23.2. The first-order valence-corrected chi connectivity index (χ1v) is 13.4. The van der Waals surface area contributed by atoms with Gasteiger partial charge < -0.3 is 18.9 Å². The molecule has 4 rings (SSSR count). The van der Waals surface area contributed by atoms with E-state index in [-0.39, 0.29) is 11.4 Å². The predicted octanol–water partition coefficient (Wildman–Crippen LogP) is 8.42. The van der Waals surface area contributed by atoms with Crippen LogP contribution < -0.4 is 18.9 Å². The third-order valence-corrected chi connectivity index (χ3v) is 7.34. The molecule has 0 heterocycles. The molecule has 0 bridgehead atoms. The Kier molecular flexibility index (Phi) is 8.52. The molecule has 0 saturated carbocycles. The van der Waals surface area contributed by atoms with Gasteiger partial charge in [-0.15, -0.1) is 0 Å². The van der Waals surface area contributed by atoms with Crippen LogP contribution in [-0.2, 0) is 10.2 Å².